The van der Waals surface area contributed by atoms with E-state index >= 15 is 0 Å². The molecule has 0 aliphatic carbocycles. The van der Waals surface area contributed by atoms with Crippen molar-refractivity contribution in [2.75, 3.05) is 11.9 Å². The molecule has 0 bridgehead atoms. The third kappa shape index (κ3) is 2.07. The minimum Gasteiger partial charge on any atom is -0.409 e. The highest BCUT2D eigenvalue weighted by atomic mass is 16.6. The maximum atomic E-state index is 11.9. The minimum atomic E-state index is -0.356. The second-order valence-electron chi connectivity index (χ2n) is 4.82. The van der Waals surface area contributed by atoms with Crippen molar-refractivity contribution in [2.24, 2.45) is 0 Å². The van der Waals surface area contributed by atoms with E-state index in [1.165, 1.54) is 4.90 Å². The van der Waals surface area contributed by atoms with E-state index in [1.54, 1.807) is 7.05 Å². The van der Waals surface area contributed by atoms with Crippen LogP contribution >= 0.6 is 0 Å². The minimum absolute atomic E-state index is 0.356. The van der Waals surface area contributed by atoms with Crippen LogP contribution < -0.4 is 4.90 Å². The molecule has 1 amide bonds. The molecule has 0 saturated heterocycles. The number of hydrogen-bond acceptors (Lipinski definition) is 2. The Labute approximate surface area is 118 Å². The van der Waals surface area contributed by atoms with Gasteiger partial charge in [-0.15, -0.1) is 0 Å². The summed E-state index contributed by atoms with van der Waals surface area (Å²) in [7, 11) is 1.72. The molecule has 3 nitrogen and oxygen atoms in total. The van der Waals surface area contributed by atoms with Gasteiger partial charge in [-0.2, -0.15) is 0 Å². The van der Waals surface area contributed by atoms with E-state index in [-0.39, 0.29) is 6.09 Å². The number of cyclic esters (lactones) is 1. The number of ether oxygens (including phenoxy) is 1. The molecule has 100 valence electrons. The summed E-state index contributed by atoms with van der Waals surface area (Å²) in [5.41, 5.74) is 3.94. The molecule has 0 spiro atoms. The Hall–Kier alpha value is -2.55. The summed E-state index contributed by atoms with van der Waals surface area (Å²) in [6.45, 7) is 2.02. The van der Waals surface area contributed by atoms with E-state index in [9.17, 15) is 4.79 Å². The first-order chi connectivity index (χ1) is 9.66. The molecule has 20 heavy (non-hydrogen) atoms. The summed E-state index contributed by atoms with van der Waals surface area (Å²) >= 11 is 0. The van der Waals surface area contributed by atoms with E-state index < -0.39 is 0 Å². The third-order valence-electron chi connectivity index (χ3n) is 3.43. The van der Waals surface area contributed by atoms with Gasteiger partial charge in [-0.05, 0) is 30.2 Å². The summed E-state index contributed by atoms with van der Waals surface area (Å²) in [5, 5.41) is 0. The van der Waals surface area contributed by atoms with E-state index in [2.05, 4.69) is 0 Å². The Morgan fingerprint density at radius 2 is 1.80 bits per heavy atom. The van der Waals surface area contributed by atoms with Gasteiger partial charge in [0.05, 0.1) is 5.69 Å². The molecule has 0 N–H and O–H groups in total. The van der Waals surface area contributed by atoms with E-state index in [0.717, 1.165) is 22.4 Å². The average Bonchev–Trinajstić information content (AvgIpc) is 2.45. The number of hydrogen-bond donors (Lipinski definition) is 0. The Kier molecular flexibility index (Phi) is 3.03. The maximum absolute atomic E-state index is 11.9. The first-order valence-corrected chi connectivity index (χ1v) is 6.49. The number of amides is 1. The molecule has 0 fully saturated rings. The molecule has 0 unspecified atom stereocenters. The standard InChI is InChI=1S/C17H15NO2/c1-12-7-6-10-14-16(12)15(20-17(19)18(14)2)11-13-8-4-3-5-9-13/h3-11H,1-2H3/b15-11-. The monoisotopic (exact) mass is 265 g/mol. The quantitative estimate of drug-likeness (QED) is 0.777. The molecular formula is C17H15NO2. The lowest BCUT2D eigenvalue weighted by Crippen LogP contribution is -2.31. The molecule has 0 radical (unpaired) electrons. The smallest absolute Gasteiger partial charge is 0.409 e. The summed E-state index contributed by atoms with van der Waals surface area (Å²) < 4.78 is 5.46. The van der Waals surface area contributed by atoms with Gasteiger partial charge in [0.25, 0.3) is 0 Å². The highest BCUT2D eigenvalue weighted by Crippen LogP contribution is 2.36. The van der Waals surface area contributed by atoms with Gasteiger partial charge in [0.1, 0.15) is 5.76 Å². The number of nitrogens with zero attached hydrogens (tertiary/aromatic N) is 1. The molecule has 1 aliphatic rings. The van der Waals surface area contributed by atoms with Gasteiger partial charge < -0.3 is 4.74 Å². The van der Waals surface area contributed by atoms with Crippen molar-refractivity contribution < 1.29 is 9.53 Å². The first-order valence-electron chi connectivity index (χ1n) is 6.49. The van der Waals surface area contributed by atoms with Crippen molar-refractivity contribution in [3.05, 3.63) is 65.2 Å². The molecule has 0 atom stereocenters. The molecule has 2 aromatic carbocycles. The van der Waals surface area contributed by atoms with Crippen LogP contribution in [0.4, 0.5) is 10.5 Å². The predicted octanol–water partition coefficient (Wildman–Crippen LogP) is 4.08. The molecule has 0 saturated carbocycles. The molecule has 1 aliphatic heterocycles. The van der Waals surface area contributed by atoms with Gasteiger partial charge in [0.2, 0.25) is 0 Å². The zero-order chi connectivity index (χ0) is 14.1. The normalized spacial score (nSPS) is 16.0. The largest absolute Gasteiger partial charge is 0.419 e. The highest BCUT2D eigenvalue weighted by molar-refractivity contribution is 6.02. The maximum Gasteiger partial charge on any atom is 0.419 e. The fraction of sp³-hybridized carbons (Fsp3) is 0.118. The molecule has 3 rings (SSSR count). The Morgan fingerprint density at radius 3 is 2.55 bits per heavy atom. The van der Waals surface area contributed by atoms with Gasteiger partial charge in [0.15, 0.2) is 0 Å². The van der Waals surface area contributed by atoms with Crippen LogP contribution in [-0.2, 0) is 4.74 Å². The van der Waals surface area contributed by atoms with Gasteiger partial charge in [0, 0.05) is 12.6 Å². The number of benzene rings is 2. The molecule has 2 aromatic rings. The van der Waals surface area contributed by atoms with Gasteiger partial charge in [-0.3, -0.25) is 4.90 Å². The van der Waals surface area contributed by atoms with Crippen molar-refractivity contribution in [3.63, 3.8) is 0 Å². The van der Waals surface area contributed by atoms with Crippen LogP contribution in [0, 0.1) is 6.92 Å². The number of anilines is 1. The second-order valence-corrected chi connectivity index (χ2v) is 4.82. The predicted molar refractivity (Wildman–Crippen MR) is 80.4 cm³/mol. The van der Waals surface area contributed by atoms with Gasteiger partial charge in [-0.25, -0.2) is 4.79 Å². The lowest BCUT2D eigenvalue weighted by Gasteiger charge is -2.28. The van der Waals surface area contributed by atoms with Crippen LogP contribution in [0.25, 0.3) is 11.8 Å². The Bertz CT molecular complexity index is 689. The molecule has 0 aromatic heterocycles. The Morgan fingerprint density at radius 1 is 1.05 bits per heavy atom. The van der Waals surface area contributed by atoms with Gasteiger partial charge >= 0.3 is 6.09 Å². The average molecular weight is 265 g/mol. The summed E-state index contributed by atoms with van der Waals surface area (Å²) in [6.07, 6.45) is 1.54. The highest BCUT2D eigenvalue weighted by Gasteiger charge is 2.27. The lowest BCUT2D eigenvalue weighted by molar-refractivity contribution is 0.199. The summed E-state index contributed by atoms with van der Waals surface area (Å²) in [6, 6.07) is 15.7. The van der Waals surface area contributed by atoms with Crippen LogP contribution in [0.2, 0.25) is 0 Å². The van der Waals surface area contributed by atoms with Crippen molar-refractivity contribution in [3.8, 4) is 0 Å². The number of aryl methyl sites for hydroxylation is 1. The molecule has 3 heteroatoms. The molecular weight excluding hydrogens is 250 g/mol. The van der Waals surface area contributed by atoms with Crippen LogP contribution in [0.3, 0.4) is 0 Å². The number of fused-ring (bicyclic) bond motifs is 1. The fourth-order valence-corrected chi connectivity index (χ4v) is 2.37. The van der Waals surface area contributed by atoms with Crippen molar-refractivity contribution >= 4 is 23.6 Å². The van der Waals surface area contributed by atoms with Gasteiger partial charge in [-0.1, -0.05) is 42.5 Å². The third-order valence-corrected chi connectivity index (χ3v) is 3.43. The van der Waals surface area contributed by atoms with Crippen LogP contribution in [0.1, 0.15) is 16.7 Å². The van der Waals surface area contributed by atoms with Crippen LogP contribution in [0.15, 0.2) is 48.5 Å². The first kappa shape index (κ1) is 12.5. The topological polar surface area (TPSA) is 29.5 Å². The van der Waals surface area contributed by atoms with Crippen LogP contribution in [-0.4, -0.2) is 13.1 Å². The number of rotatable bonds is 1. The van der Waals surface area contributed by atoms with Crippen molar-refractivity contribution in [1.82, 2.24) is 0 Å². The summed E-state index contributed by atoms with van der Waals surface area (Å²) in [4.78, 5) is 13.5. The Balaban J connectivity index is 2.17. The van der Waals surface area contributed by atoms with Crippen molar-refractivity contribution in [1.29, 1.82) is 0 Å². The van der Waals surface area contributed by atoms with E-state index in [4.69, 9.17) is 4.74 Å². The van der Waals surface area contributed by atoms with Crippen molar-refractivity contribution in [2.45, 2.75) is 6.92 Å². The lowest BCUT2D eigenvalue weighted by atomic mass is 10.0. The van der Waals surface area contributed by atoms with E-state index in [1.807, 2.05) is 61.5 Å². The number of carbonyl (C=O) groups is 1. The van der Waals surface area contributed by atoms with E-state index in [0.29, 0.717) is 5.76 Å². The summed E-state index contributed by atoms with van der Waals surface area (Å²) in [5.74, 6) is 0.604. The second kappa shape index (κ2) is 4.85. The fourth-order valence-electron chi connectivity index (χ4n) is 2.37. The van der Waals surface area contributed by atoms with Crippen LogP contribution in [0.5, 0.6) is 0 Å². The zero-order valence-corrected chi connectivity index (χ0v) is 11.5. The number of carbonyl (C=O) groups excluding carboxylic acids is 1. The molecule has 1 heterocycles. The SMILES string of the molecule is Cc1cccc2c1/C(=C/c1ccccc1)OC(=O)N2C. The zero-order valence-electron chi connectivity index (χ0n) is 11.5.